The summed E-state index contributed by atoms with van der Waals surface area (Å²) >= 11 is 0. The molecule has 4 nitrogen and oxygen atoms in total. The standard InChI is InChI=1S/C21H29N3O/c1-2-3-4-5-13-24-15-17-7-6-8-18(14-17)16-25-20-11-9-19(10-12-20)21(22)23/h6-12,14,24H,2-5,13,15-16H2,1H3,(H3,22,23). The lowest BCUT2D eigenvalue weighted by Crippen LogP contribution is -2.14. The van der Waals surface area contributed by atoms with Gasteiger partial charge in [-0.05, 0) is 48.4 Å². The molecule has 2 rings (SSSR count). The molecule has 4 heteroatoms. The molecular weight excluding hydrogens is 310 g/mol. The molecule has 25 heavy (non-hydrogen) atoms. The highest BCUT2D eigenvalue weighted by Gasteiger charge is 2.00. The van der Waals surface area contributed by atoms with Crippen LogP contribution in [-0.4, -0.2) is 12.4 Å². The first-order valence-corrected chi connectivity index (χ1v) is 9.05. The zero-order valence-electron chi connectivity index (χ0n) is 15.1. The Bertz CT molecular complexity index is 652. The highest BCUT2D eigenvalue weighted by molar-refractivity contribution is 5.94. The van der Waals surface area contributed by atoms with Crippen molar-refractivity contribution in [2.45, 2.75) is 45.8 Å². The van der Waals surface area contributed by atoms with Crippen molar-refractivity contribution in [3.05, 3.63) is 65.2 Å². The van der Waals surface area contributed by atoms with Crippen molar-refractivity contribution in [2.24, 2.45) is 5.73 Å². The number of nitrogen functional groups attached to an aromatic ring is 1. The summed E-state index contributed by atoms with van der Waals surface area (Å²) in [6.07, 6.45) is 5.15. The van der Waals surface area contributed by atoms with Gasteiger partial charge in [-0.15, -0.1) is 0 Å². The maximum absolute atomic E-state index is 7.40. The molecule has 0 heterocycles. The summed E-state index contributed by atoms with van der Waals surface area (Å²) in [5, 5.41) is 10.9. The highest BCUT2D eigenvalue weighted by Crippen LogP contribution is 2.15. The molecule has 0 radical (unpaired) electrons. The summed E-state index contributed by atoms with van der Waals surface area (Å²) in [4.78, 5) is 0. The number of ether oxygens (including phenoxy) is 1. The number of nitrogens with one attached hydrogen (secondary N) is 2. The summed E-state index contributed by atoms with van der Waals surface area (Å²) in [5.74, 6) is 0.853. The van der Waals surface area contributed by atoms with E-state index in [0.29, 0.717) is 12.2 Å². The van der Waals surface area contributed by atoms with Gasteiger partial charge in [-0.25, -0.2) is 0 Å². The molecule has 0 aromatic heterocycles. The van der Waals surface area contributed by atoms with Crippen LogP contribution >= 0.6 is 0 Å². The summed E-state index contributed by atoms with van der Waals surface area (Å²) in [6, 6.07) is 15.8. The average Bonchev–Trinajstić information content (AvgIpc) is 2.63. The lowest BCUT2D eigenvalue weighted by Gasteiger charge is -2.09. The molecule has 0 aliphatic heterocycles. The Balaban J connectivity index is 1.77. The van der Waals surface area contributed by atoms with Crippen LogP contribution in [0.2, 0.25) is 0 Å². The second-order valence-corrected chi connectivity index (χ2v) is 6.28. The molecule has 0 atom stereocenters. The van der Waals surface area contributed by atoms with Gasteiger partial charge in [0.05, 0.1) is 0 Å². The van der Waals surface area contributed by atoms with Gasteiger partial charge in [0.25, 0.3) is 0 Å². The van der Waals surface area contributed by atoms with Gasteiger partial charge in [0.15, 0.2) is 0 Å². The minimum Gasteiger partial charge on any atom is -0.489 e. The number of hydrogen-bond donors (Lipinski definition) is 3. The van der Waals surface area contributed by atoms with E-state index in [0.717, 1.165) is 24.4 Å². The third-order valence-electron chi connectivity index (χ3n) is 4.10. The molecule has 0 fully saturated rings. The number of unbranched alkanes of at least 4 members (excludes halogenated alkanes) is 3. The molecule has 0 saturated carbocycles. The van der Waals surface area contributed by atoms with E-state index in [1.54, 1.807) is 12.1 Å². The summed E-state index contributed by atoms with van der Waals surface area (Å²) in [6.45, 7) is 4.74. The Hall–Kier alpha value is -2.33. The monoisotopic (exact) mass is 339 g/mol. The maximum atomic E-state index is 7.40. The van der Waals surface area contributed by atoms with Crippen molar-refractivity contribution in [3.63, 3.8) is 0 Å². The van der Waals surface area contributed by atoms with Gasteiger partial charge in [0.1, 0.15) is 18.2 Å². The van der Waals surface area contributed by atoms with Crippen molar-refractivity contribution >= 4 is 5.84 Å². The first kappa shape index (κ1) is 19.0. The van der Waals surface area contributed by atoms with E-state index in [1.165, 1.54) is 31.2 Å². The minimum atomic E-state index is 0.0708. The number of amidine groups is 1. The van der Waals surface area contributed by atoms with Gasteiger partial charge < -0.3 is 15.8 Å². The Labute approximate surface area is 150 Å². The second-order valence-electron chi connectivity index (χ2n) is 6.28. The molecule has 0 saturated heterocycles. The first-order valence-electron chi connectivity index (χ1n) is 9.05. The number of hydrogen-bond acceptors (Lipinski definition) is 3. The Morgan fingerprint density at radius 3 is 2.52 bits per heavy atom. The molecule has 4 N–H and O–H groups in total. The molecule has 0 bridgehead atoms. The zero-order valence-corrected chi connectivity index (χ0v) is 15.1. The van der Waals surface area contributed by atoms with Crippen LogP contribution in [0.1, 0.15) is 49.3 Å². The lowest BCUT2D eigenvalue weighted by atomic mass is 10.1. The second kappa shape index (κ2) is 10.5. The third kappa shape index (κ3) is 6.98. The predicted octanol–water partition coefficient (Wildman–Crippen LogP) is 4.22. The van der Waals surface area contributed by atoms with E-state index in [-0.39, 0.29) is 5.84 Å². The molecule has 2 aromatic carbocycles. The van der Waals surface area contributed by atoms with Crippen LogP contribution in [0.25, 0.3) is 0 Å². The fourth-order valence-electron chi connectivity index (χ4n) is 2.64. The topological polar surface area (TPSA) is 71.1 Å². The fraction of sp³-hybridized carbons (Fsp3) is 0.381. The van der Waals surface area contributed by atoms with E-state index in [4.69, 9.17) is 15.9 Å². The minimum absolute atomic E-state index is 0.0708. The molecule has 0 spiro atoms. The largest absolute Gasteiger partial charge is 0.489 e. The molecule has 0 amide bonds. The summed E-state index contributed by atoms with van der Waals surface area (Å²) < 4.78 is 5.82. The van der Waals surface area contributed by atoms with Crippen molar-refractivity contribution in [2.75, 3.05) is 6.54 Å². The van der Waals surface area contributed by atoms with Crippen molar-refractivity contribution in [1.82, 2.24) is 5.32 Å². The van der Waals surface area contributed by atoms with E-state index >= 15 is 0 Å². The quantitative estimate of drug-likeness (QED) is 0.326. The third-order valence-corrected chi connectivity index (χ3v) is 4.10. The number of rotatable bonds is 11. The van der Waals surface area contributed by atoms with E-state index < -0.39 is 0 Å². The summed E-state index contributed by atoms with van der Waals surface area (Å²) in [5.41, 5.74) is 8.60. The Morgan fingerprint density at radius 1 is 1.04 bits per heavy atom. The van der Waals surface area contributed by atoms with Crippen molar-refractivity contribution in [1.29, 1.82) is 5.41 Å². The van der Waals surface area contributed by atoms with Gasteiger partial charge in [0.2, 0.25) is 0 Å². The SMILES string of the molecule is CCCCCCNCc1cccc(COc2ccc(C(=N)N)cc2)c1. The molecule has 0 unspecified atom stereocenters. The maximum Gasteiger partial charge on any atom is 0.122 e. The normalized spacial score (nSPS) is 10.6. The number of benzene rings is 2. The van der Waals surface area contributed by atoms with Gasteiger partial charge in [0, 0.05) is 12.1 Å². The van der Waals surface area contributed by atoms with Crippen LogP contribution < -0.4 is 15.8 Å². The van der Waals surface area contributed by atoms with Gasteiger partial charge in [-0.3, -0.25) is 5.41 Å². The van der Waals surface area contributed by atoms with Crippen molar-refractivity contribution in [3.8, 4) is 5.75 Å². The Morgan fingerprint density at radius 2 is 1.80 bits per heavy atom. The number of nitrogens with two attached hydrogens (primary N) is 1. The zero-order chi connectivity index (χ0) is 17.9. The van der Waals surface area contributed by atoms with Gasteiger partial charge in [-0.1, -0.05) is 50.5 Å². The molecular formula is C21H29N3O. The summed E-state index contributed by atoms with van der Waals surface area (Å²) in [7, 11) is 0. The van der Waals surface area contributed by atoms with E-state index in [1.807, 2.05) is 12.1 Å². The van der Waals surface area contributed by atoms with Crippen LogP contribution in [0, 0.1) is 5.41 Å². The van der Waals surface area contributed by atoms with E-state index in [9.17, 15) is 0 Å². The van der Waals surface area contributed by atoms with Gasteiger partial charge in [-0.2, -0.15) is 0 Å². The van der Waals surface area contributed by atoms with Crippen molar-refractivity contribution < 1.29 is 4.74 Å². The first-order chi connectivity index (χ1) is 12.2. The Kier molecular flexibility index (Phi) is 7.99. The van der Waals surface area contributed by atoms with Crippen LogP contribution in [-0.2, 0) is 13.2 Å². The predicted molar refractivity (Wildman–Crippen MR) is 104 cm³/mol. The van der Waals surface area contributed by atoms with E-state index in [2.05, 4.69) is 36.5 Å². The molecule has 134 valence electrons. The highest BCUT2D eigenvalue weighted by atomic mass is 16.5. The molecule has 2 aromatic rings. The average molecular weight is 339 g/mol. The molecule has 0 aliphatic carbocycles. The van der Waals surface area contributed by atoms with Crippen LogP contribution in [0.5, 0.6) is 5.75 Å². The molecule has 0 aliphatic rings. The lowest BCUT2D eigenvalue weighted by molar-refractivity contribution is 0.306. The fourth-order valence-corrected chi connectivity index (χ4v) is 2.64. The van der Waals surface area contributed by atoms with Crippen LogP contribution in [0.3, 0.4) is 0 Å². The van der Waals surface area contributed by atoms with Gasteiger partial charge >= 0.3 is 0 Å². The van der Waals surface area contributed by atoms with Crippen LogP contribution in [0.4, 0.5) is 0 Å². The van der Waals surface area contributed by atoms with Crippen LogP contribution in [0.15, 0.2) is 48.5 Å². The smallest absolute Gasteiger partial charge is 0.122 e.